The summed E-state index contributed by atoms with van der Waals surface area (Å²) in [5.41, 5.74) is 0. The lowest BCUT2D eigenvalue weighted by atomic mass is 10.2. The topological polar surface area (TPSA) is 27.6 Å². The molecule has 0 amide bonds. The third-order valence-corrected chi connectivity index (χ3v) is 4.36. The van der Waals surface area contributed by atoms with E-state index in [1.54, 1.807) is 0 Å². The summed E-state index contributed by atoms with van der Waals surface area (Å²) >= 11 is 1.88. The summed E-state index contributed by atoms with van der Waals surface area (Å²) < 4.78 is 0. The lowest BCUT2D eigenvalue weighted by Crippen LogP contribution is -2.37. The summed E-state index contributed by atoms with van der Waals surface area (Å²) in [4.78, 5) is 7.10. The van der Waals surface area contributed by atoms with Crippen molar-refractivity contribution in [2.75, 3.05) is 25.9 Å². The third-order valence-electron chi connectivity index (χ3n) is 3.40. The Morgan fingerprint density at radius 3 is 2.94 bits per heavy atom. The van der Waals surface area contributed by atoms with E-state index in [-0.39, 0.29) is 0 Å². The minimum absolute atomic E-state index is 0.654. The van der Waals surface area contributed by atoms with E-state index in [0.717, 1.165) is 19.1 Å². The Hall–Kier alpha value is -0.220. The summed E-state index contributed by atoms with van der Waals surface area (Å²) in [6, 6.07) is 1.51. The van der Waals surface area contributed by atoms with Crippen LogP contribution in [0.1, 0.15) is 32.6 Å². The van der Waals surface area contributed by atoms with E-state index >= 15 is 0 Å². The van der Waals surface area contributed by atoms with Crippen molar-refractivity contribution in [3.63, 3.8) is 0 Å². The average Bonchev–Trinajstić information content (AvgIpc) is 3.13. The largest absolute Gasteiger partial charge is 0.362 e. The SMILES string of the molecule is CCC1CCSC(=NCCN(C)C2CC2)N1. The molecule has 2 aliphatic rings. The maximum atomic E-state index is 4.66. The first-order chi connectivity index (χ1) is 7.79. The first-order valence-electron chi connectivity index (χ1n) is 6.43. The summed E-state index contributed by atoms with van der Waals surface area (Å²) in [5, 5.41) is 4.68. The minimum Gasteiger partial charge on any atom is -0.362 e. The van der Waals surface area contributed by atoms with E-state index in [1.807, 2.05) is 11.8 Å². The van der Waals surface area contributed by atoms with Gasteiger partial charge in [-0.05, 0) is 32.7 Å². The molecule has 16 heavy (non-hydrogen) atoms. The van der Waals surface area contributed by atoms with Crippen molar-refractivity contribution in [3.05, 3.63) is 0 Å². The lowest BCUT2D eigenvalue weighted by molar-refractivity contribution is 0.334. The Balaban J connectivity index is 1.69. The Bertz CT molecular complexity index is 251. The van der Waals surface area contributed by atoms with Crippen LogP contribution in [0.3, 0.4) is 0 Å². The molecular formula is C12H23N3S. The van der Waals surface area contributed by atoms with E-state index < -0.39 is 0 Å². The number of amidine groups is 1. The van der Waals surface area contributed by atoms with Crippen LogP contribution in [0.2, 0.25) is 0 Å². The molecule has 0 aromatic carbocycles. The van der Waals surface area contributed by atoms with Crippen molar-refractivity contribution >= 4 is 16.9 Å². The van der Waals surface area contributed by atoms with Crippen LogP contribution in [0.4, 0.5) is 0 Å². The minimum atomic E-state index is 0.654. The van der Waals surface area contributed by atoms with Crippen LogP contribution in [-0.4, -0.2) is 48.0 Å². The maximum absolute atomic E-state index is 4.66. The number of likely N-dealkylation sites (N-methyl/N-ethyl adjacent to an activating group) is 1. The molecule has 0 radical (unpaired) electrons. The van der Waals surface area contributed by atoms with Crippen molar-refractivity contribution < 1.29 is 0 Å². The van der Waals surface area contributed by atoms with E-state index in [2.05, 4.69) is 29.2 Å². The first kappa shape index (κ1) is 12.2. The average molecular weight is 241 g/mol. The van der Waals surface area contributed by atoms with Crippen LogP contribution in [0.15, 0.2) is 4.99 Å². The second-order valence-corrected chi connectivity index (χ2v) is 5.87. The highest BCUT2D eigenvalue weighted by atomic mass is 32.2. The Kier molecular flexibility index (Phi) is 4.53. The molecule has 1 aliphatic heterocycles. The molecule has 1 heterocycles. The van der Waals surface area contributed by atoms with Crippen LogP contribution in [-0.2, 0) is 0 Å². The molecule has 4 heteroatoms. The fraction of sp³-hybridized carbons (Fsp3) is 0.917. The van der Waals surface area contributed by atoms with Crippen LogP contribution in [0.25, 0.3) is 0 Å². The highest BCUT2D eigenvalue weighted by Gasteiger charge is 2.25. The maximum Gasteiger partial charge on any atom is 0.156 e. The van der Waals surface area contributed by atoms with Crippen molar-refractivity contribution in [2.45, 2.75) is 44.7 Å². The Morgan fingerprint density at radius 2 is 2.25 bits per heavy atom. The normalized spacial score (nSPS) is 28.4. The number of hydrogen-bond donors (Lipinski definition) is 1. The molecule has 0 aromatic heterocycles. The summed E-state index contributed by atoms with van der Waals surface area (Å²) in [6.45, 7) is 4.29. The lowest BCUT2D eigenvalue weighted by Gasteiger charge is -2.24. The van der Waals surface area contributed by atoms with Crippen LogP contribution >= 0.6 is 11.8 Å². The van der Waals surface area contributed by atoms with E-state index in [4.69, 9.17) is 0 Å². The fourth-order valence-corrected chi connectivity index (χ4v) is 3.02. The molecule has 2 fully saturated rings. The van der Waals surface area contributed by atoms with Gasteiger partial charge in [-0.25, -0.2) is 0 Å². The molecule has 0 aromatic rings. The second kappa shape index (κ2) is 5.92. The standard InChI is InChI=1S/C12H23N3S/c1-3-10-6-9-16-12(14-10)13-7-8-15(2)11-4-5-11/h10-11H,3-9H2,1-2H3,(H,13,14). The third kappa shape index (κ3) is 3.67. The van der Waals surface area contributed by atoms with Crippen LogP contribution in [0.5, 0.6) is 0 Å². The van der Waals surface area contributed by atoms with Gasteiger partial charge >= 0.3 is 0 Å². The number of nitrogens with one attached hydrogen (secondary N) is 1. The number of hydrogen-bond acceptors (Lipinski definition) is 3. The van der Waals surface area contributed by atoms with Crippen molar-refractivity contribution in [3.8, 4) is 0 Å². The van der Waals surface area contributed by atoms with Gasteiger partial charge in [0, 0.05) is 24.4 Å². The quantitative estimate of drug-likeness (QED) is 0.797. The Labute approximate surface area is 103 Å². The smallest absolute Gasteiger partial charge is 0.156 e. The first-order valence-corrected chi connectivity index (χ1v) is 7.42. The fourth-order valence-electron chi connectivity index (χ4n) is 1.99. The molecule has 92 valence electrons. The van der Waals surface area contributed by atoms with Gasteiger partial charge in [0.15, 0.2) is 5.17 Å². The van der Waals surface area contributed by atoms with Gasteiger partial charge < -0.3 is 10.2 Å². The number of rotatable bonds is 5. The Morgan fingerprint density at radius 1 is 1.44 bits per heavy atom. The molecule has 1 atom stereocenters. The predicted octanol–water partition coefficient (Wildman–Crippen LogP) is 1.94. The number of aliphatic imine (C=N–C) groups is 1. The molecular weight excluding hydrogens is 218 g/mol. The van der Waals surface area contributed by atoms with E-state index in [0.29, 0.717) is 6.04 Å². The van der Waals surface area contributed by atoms with Gasteiger partial charge in [-0.1, -0.05) is 18.7 Å². The van der Waals surface area contributed by atoms with Gasteiger partial charge in [0.1, 0.15) is 0 Å². The van der Waals surface area contributed by atoms with Gasteiger partial charge in [0.05, 0.1) is 6.54 Å². The highest BCUT2D eigenvalue weighted by Crippen LogP contribution is 2.24. The molecule has 1 saturated heterocycles. The highest BCUT2D eigenvalue weighted by molar-refractivity contribution is 8.13. The number of nitrogens with zero attached hydrogens (tertiary/aromatic N) is 2. The summed E-state index contributed by atoms with van der Waals surface area (Å²) in [7, 11) is 2.22. The van der Waals surface area contributed by atoms with Crippen molar-refractivity contribution in [1.29, 1.82) is 0 Å². The van der Waals surface area contributed by atoms with Crippen molar-refractivity contribution in [2.24, 2.45) is 4.99 Å². The molecule has 2 rings (SSSR count). The van der Waals surface area contributed by atoms with E-state index in [9.17, 15) is 0 Å². The summed E-state index contributed by atoms with van der Waals surface area (Å²) in [5.74, 6) is 1.23. The zero-order chi connectivity index (χ0) is 11.4. The zero-order valence-electron chi connectivity index (χ0n) is 10.4. The molecule has 0 spiro atoms. The van der Waals surface area contributed by atoms with Gasteiger partial charge in [-0.15, -0.1) is 0 Å². The molecule has 0 bridgehead atoms. The monoisotopic (exact) mass is 241 g/mol. The molecule has 1 aliphatic carbocycles. The van der Waals surface area contributed by atoms with Gasteiger partial charge in [0.2, 0.25) is 0 Å². The predicted molar refractivity (Wildman–Crippen MR) is 72.2 cm³/mol. The second-order valence-electron chi connectivity index (χ2n) is 4.79. The molecule has 1 unspecified atom stereocenters. The van der Waals surface area contributed by atoms with E-state index in [1.165, 1.54) is 36.6 Å². The van der Waals surface area contributed by atoms with Gasteiger partial charge in [-0.3, -0.25) is 4.99 Å². The van der Waals surface area contributed by atoms with Crippen LogP contribution < -0.4 is 5.32 Å². The number of thioether (sulfide) groups is 1. The van der Waals surface area contributed by atoms with Gasteiger partial charge in [0.25, 0.3) is 0 Å². The molecule has 1 N–H and O–H groups in total. The van der Waals surface area contributed by atoms with Crippen molar-refractivity contribution in [1.82, 2.24) is 10.2 Å². The summed E-state index contributed by atoms with van der Waals surface area (Å²) in [6.07, 6.45) is 5.26. The van der Waals surface area contributed by atoms with Gasteiger partial charge in [-0.2, -0.15) is 0 Å². The molecule has 3 nitrogen and oxygen atoms in total. The molecule has 1 saturated carbocycles. The zero-order valence-corrected chi connectivity index (χ0v) is 11.2. The van der Waals surface area contributed by atoms with Crippen LogP contribution in [0, 0.1) is 0 Å².